The van der Waals surface area contributed by atoms with E-state index >= 15 is 0 Å². The molecule has 1 aliphatic rings. The van der Waals surface area contributed by atoms with Gasteiger partial charge in [0.05, 0.1) is 13.2 Å². The summed E-state index contributed by atoms with van der Waals surface area (Å²) < 4.78 is 18.5. The first-order chi connectivity index (χ1) is 9.08. The predicted molar refractivity (Wildman–Crippen MR) is 69.4 cm³/mol. The Morgan fingerprint density at radius 2 is 2.37 bits per heavy atom. The first kappa shape index (κ1) is 13.7. The molecule has 6 heteroatoms. The maximum absolute atomic E-state index is 13.2. The molecule has 1 fully saturated rings. The quantitative estimate of drug-likeness (QED) is 0.829. The minimum Gasteiger partial charge on any atom is -0.377 e. The highest BCUT2D eigenvalue weighted by atomic mass is 19.1. The molecule has 1 N–H and O–H groups in total. The van der Waals surface area contributed by atoms with Gasteiger partial charge >= 0.3 is 0 Å². The van der Waals surface area contributed by atoms with E-state index < -0.39 is 12.0 Å². The molecule has 104 valence electrons. The van der Waals surface area contributed by atoms with Gasteiger partial charge < -0.3 is 15.0 Å². The van der Waals surface area contributed by atoms with Crippen molar-refractivity contribution >= 4 is 11.7 Å². The molecule has 0 aliphatic carbocycles. The van der Waals surface area contributed by atoms with Gasteiger partial charge in [0.25, 0.3) is 0 Å². The summed E-state index contributed by atoms with van der Waals surface area (Å²) in [5, 5.41) is 2.84. The smallest absolute Gasteiger partial charge is 0.245 e. The van der Waals surface area contributed by atoms with Crippen LogP contribution in [0.3, 0.4) is 0 Å². The highest BCUT2D eigenvalue weighted by Crippen LogP contribution is 2.17. The Morgan fingerprint density at radius 3 is 3.05 bits per heavy atom. The second kappa shape index (κ2) is 5.97. The number of morpholine rings is 1. The van der Waals surface area contributed by atoms with Gasteiger partial charge in [-0.25, -0.2) is 4.98 Å². The van der Waals surface area contributed by atoms with Crippen LogP contribution in [0.4, 0.5) is 10.2 Å². The fourth-order valence-corrected chi connectivity index (χ4v) is 2.03. The van der Waals surface area contributed by atoms with Gasteiger partial charge in [-0.15, -0.1) is 0 Å². The molecule has 0 spiro atoms. The van der Waals surface area contributed by atoms with Gasteiger partial charge in [-0.1, -0.05) is 6.07 Å². The number of nitrogens with one attached hydrogen (secondary N) is 1. The van der Waals surface area contributed by atoms with Crippen molar-refractivity contribution in [1.29, 1.82) is 0 Å². The summed E-state index contributed by atoms with van der Waals surface area (Å²) in [6, 6.07) is 4.16. The van der Waals surface area contributed by atoms with Crippen LogP contribution in [0.25, 0.3) is 0 Å². The van der Waals surface area contributed by atoms with Gasteiger partial charge in [0.15, 0.2) is 0 Å². The summed E-state index contributed by atoms with van der Waals surface area (Å²) in [7, 11) is 0. The summed E-state index contributed by atoms with van der Waals surface area (Å²) in [5.74, 6) is -0.208. The van der Waals surface area contributed by atoms with E-state index in [2.05, 4.69) is 10.3 Å². The molecule has 1 aromatic heterocycles. The molecule has 2 rings (SSSR count). The van der Waals surface area contributed by atoms with Crippen molar-refractivity contribution in [3.05, 3.63) is 24.1 Å². The van der Waals surface area contributed by atoms with Crippen molar-refractivity contribution in [2.45, 2.75) is 25.9 Å². The third kappa shape index (κ3) is 3.41. The molecule has 19 heavy (non-hydrogen) atoms. The lowest BCUT2D eigenvalue weighted by atomic mass is 10.2. The van der Waals surface area contributed by atoms with E-state index in [1.807, 2.05) is 13.8 Å². The van der Waals surface area contributed by atoms with Crippen molar-refractivity contribution in [1.82, 2.24) is 10.3 Å². The summed E-state index contributed by atoms with van der Waals surface area (Å²) in [6.45, 7) is 5.10. The van der Waals surface area contributed by atoms with E-state index in [1.165, 1.54) is 6.07 Å². The Balaban J connectivity index is 2.18. The fourth-order valence-electron chi connectivity index (χ4n) is 2.03. The SMILES string of the molecule is CC(C)NC(=O)C1COCCN1c1cccc(F)n1. The lowest BCUT2D eigenvalue weighted by Gasteiger charge is -2.35. The molecular weight excluding hydrogens is 249 g/mol. The van der Waals surface area contributed by atoms with Crippen LogP contribution in [-0.4, -0.2) is 42.7 Å². The van der Waals surface area contributed by atoms with Crippen molar-refractivity contribution in [2.75, 3.05) is 24.7 Å². The molecule has 1 amide bonds. The van der Waals surface area contributed by atoms with Gasteiger partial charge in [0, 0.05) is 12.6 Å². The monoisotopic (exact) mass is 267 g/mol. The van der Waals surface area contributed by atoms with Crippen LogP contribution in [0.15, 0.2) is 18.2 Å². The van der Waals surface area contributed by atoms with E-state index in [-0.39, 0.29) is 18.6 Å². The van der Waals surface area contributed by atoms with Crippen molar-refractivity contribution in [2.24, 2.45) is 0 Å². The number of amides is 1. The minimum absolute atomic E-state index is 0.0525. The molecule has 0 radical (unpaired) electrons. The van der Waals surface area contributed by atoms with Crippen LogP contribution in [0.5, 0.6) is 0 Å². The Hall–Kier alpha value is -1.69. The summed E-state index contributed by atoms with van der Waals surface area (Å²) in [5.41, 5.74) is 0. The molecule has 1 atom stereocenters. The van der Waals surface area contributed by atoms with Gasteiger partial charge in [0.1, 0.15) is 11.9 Å². The zero-order valence-corrected chi connectivity index (χ0v) is 11.1. The van der Waals surface area contributed by atoms with Crippen LogP contribution in [-0.2, 0) is 9.53 Å². The number of carbonyl (C=O) groups is 1. The molecule has 5 nitrogen and oxygen atoms in total. The molecule has 1 saturated heterocycles. The number of anilines is 1. The van der Waals surface area contributed by atoms with Gasteiger partial charge in [-0.3, -0.25) is 4.79 Å². The Bertz CT molecular complexity index is 453. The Morgan fingerprint density at radius 1 is 1.58 bits per heavy atom. The van der Waals surface area contributed by atoms with Gasteiger partial charge in [-0.2, -0.15) is 4.39 Å². The van der Waals surface area contributed by atoms with Crippen LogP contribution < -0.4 is 10.2 Å². The number of rotatable bonds is 3. The Kier molecular flexibility index (Phi) is 4.31. The third-order valence-corrected chi connectivity index (χ3v) is 2.86. The first-order valence-electron chi connectivity index (χ1n) is 6.35. The molecule has 1 aliphatic heterocycles. The fraction of sp³-hybridized carbons (Fsp3) is 0.538. The molecule has 0 saturated carbocycles. The van der Waals surface area contributed by atoms with Crippen molar-refractivity contribution in [3.63, 3.8) is 0 Å². The second-order valence-corrected chi connectivity index (χ2v) is 4.77. The number of hydrogen-bond donors (Lipinski definition) is 1. The van der Waals surface area contributed by atoms with Crippen LogP contribution in [0, 0.1) is 5.95 Å². The standard InChI is InChI=1S/C13H18FN3O2/c1-9(2)15-13(18)10-8-19-7-6-17(10)12-5-3-4-11(14)16-12/h3-5,9-10H,6-8H2,1-2H3,(H,15,18). The van der Waals surface area contributed by atoms with E-state index in [1.54, 1.807) is 17.0 Å². The summed E-state index contributed by atoms with van der Waals surface area (Å²) >= 11 is 0. The Labute approximate surface area is 111 Å². The maximum Gasteiger partial charge on any atom is 0.245 e. The molecule has 1 aromatic rings. The average molecular weight is 267 g/mol. The predicted octanol–water partition coefficient (Wildman–Crippen LogP) is 0.950. The molecule has 2 heterocycles. The molecular formula is C13H18FN3O2. The zero-order chi connectivity index (χ0) is 13.8. The third-order valence-electron chi connectivity index (χ3n) is 2.86. The number of halogens is 1. The van der Waals surface area contributed by atoms with E-state index in [0.717, 1.165) is 0 Å². The lowest BCUT2D eigenvalue weighted by Crippen LogP contribution is -2.55. The second-order valence-electron chi connectivity index (χ2n) is 4.77. The largest absolute Gasteiger partial charge is 0.377 e. The first-order valence-corrected chi connectivity index (χ1v) is 6.35. The van der Waals surface area contributed by atoms with E-state index in [4.69, 9.17) is 4.74 Å². The minimum atomic E-state index is -0.549. The van der Waals surface area contributed by atoms with Crippen LogP contribution >= 0.6 is 0 Å². The van der Waals surface area contributed by atoms with Crippen molar-refractivity contribution < 1.29 is 13.9 Å². The average Bonchev–Trinajstić information content (AvgIpc) is 2.38. The number of carbonyl (C=O) groups excluding carboxylic acids is 1. The molecule has 0 bridgehead atoms. The topological polar surface area (TPSA) is 54.5 Å². The number of aromatic nitrogens is 1. The van der Waals surface area contributed by atoms with E-state index in [0.29, 0.717) is 19.0 Å². The van der Waals surface area contributed by atoms with Crippen molar-refractivity contribution in [3.8, 4) is 0 Å². The van der Waals surface area contributed by atoms with Gasteiger partial charge in [-0.05, 0) is 26.0 Å². The number of ether oxygens (including phenoxy) is 1. The van der Waals surface area contributed by atoms with Gasteiger partial charge in [0.2, 0.25) is 11.9 Å². The highest BCUT2D eigenvalue weighted by Gasteiger charge is 2.30. The maximum atomic E-state index is 13.2. The van der Waals surface area contributed by atoms with Crippen LogP contribution in [0.2, 0.25) is 0 Å². The number of pyridine rings is 1. The summed E-state index contributed by atoms with van der Waals surface area (Å²) in [4.78, 5) is 17.7. The van der Waals surface area contributed by atoms with E-state index in [9.17, 15) is 9.18 Å². The summed E-state index contributed by atoms with van der Waals surface area (Å²) in [6.07, 6.45) is 0. The van der Waals surface area contributed by atoms with Crippen LogP contribution in [0.1, 0.15) is 13.8 Å². The number of hydrogen-bond acceptors (Lipinski definition) is 4. The number of nitrogens with zero attached hydrogens (tertiary/aromatic N) is 2. The zero-order valence-electron chi connectivity index (χ0n) is 11.1. The normalized spacial score (nSPS) is 19.6. The lowest BCUT2D eigenvalue weighted by molar-refractivity contribution is -0.125. The molecule has 1 unspecified atom stereocenters. The highest BCUT2D eigenvalue weighted by molar-refractivity contribution is 5.85. The molecule has 0 aromatic carbocycles.